The number of carboxylic acids is 1. The van der Waals surface area contributed by atoms with E-state index in [9.17, 15) is 43.8 Å². The van der Waals surface area contributed by atoms with Crippen molar-refractivity contribution in [2.75, 3.05) is 50.9 Å². The van der Waals surface area contributed by atoms with E-state index >= 15 is 28.0 Å². The monoisotopic (exact) mass is 1460 g/mol. The van der Waals surface area contributed by atoms with Crippen molar-refractivity contribution in [2.24, 2.45) is 41.1 Å². The van der Waals surface area contributed by atoms with E-state index in [1.165, 1.54) is 35.3 Å². The second kappa shape index (κ2) is 38.5. The Morgan fingerprint density at radius 3 is 1.78 bits per heavy atom. The molecule has 2 bridgehead atoms. The van der Waals surface area contributed by atoms with Gasteiger partial charge in [0.25, 0.3) is 0 Å². The largest absolute Gasteiger partial charge is 0.481 e. The summed E-state index contributed by atoms with van der Waals surface area (Å²) in [4.78, 5) is 160. The number of aliphatic hydroxyl groups excluding tert-OH is 1. The van der Waals surface area contributed by atoms with Crippen LogP contribution in [0.15, 0.2) is 24.3 Å². The molecule has 28 nitrogen and oxygen atoms in total. The second-order valence-electron chi connectivity index (χ2n) is 29.2. The minimum Gasteiger partial charge on any atom is -0.481 e. The van der Waals surface area contributed by atoms with Crippen molar-refractivity contribution in [3.8, 4) is 0 Å². The third-order valence-electron chi connectivity index (χ3n) is 21.7. The zero-order valence-corrected chi connectivity index (χ0v) is 59.5. The Kier molecular flexibility index (Phi) is 30.0. The molecule has 3 aliphatic carbocycles. The van der Waals surface area contributed by atoms with Crippen molar-refractivity contribution >= 4 is 88.6 Å². The summed E-state index contributed by atoms with van der Waals surface area (Å²) in [5.74, 6) is -9.28. The molecule has 5 heterocycles. The number of alkyl halides is 2. The molecule has 18 atom stereocenters. The van der Waals surface area contributed by atoms with E-state index in [0.717, 1.165) is 11.1 Å². The third kappa shape index (κ3) is 23.1. The first-order valence-corrected chi connectivity index (χ1v) is 38.8. The van der Waals surface area contributed by atoms with E-state index in [-0.39, 0.29) is 106 Å². The Morgan fingerprint density at radius 2 is 1.19 bits per heavy atom. The van der Waals surface area contributed by atoms with E-state index in [1.54, 1.807) is 0 Å². The van der Waals surface area contributed by atoms with Crippen molar-refractivity contribution < 1.29 is 71.7 Å². The molecule has 18 N–H and O–H groups in total. The number of carbonyl (C=O) groups is 11. The molecule has 9 unspecified atom stereocenters. The van der Waals surface area contributed by atoms with Gasteiger partial charge < -0.3 is 90.4 Å². The number of hydrogen-bond acceptors (Lipinski definition) is 19. The fourth-order valence-electron chi connectivity index (χ4n) is 16.1. The number of carbonyl (C=O) groups excluding carboxylic acids is 10. The van der Waals surface area contributed by atoms with Gasteiger partial charge in [0, 0.05) is 67.3 Å². The number of unbranched alkanes of at least 4 members (excludes halogenated alkanes) is 1. The Labute approximate surface area is 597 Å². The molecule has 0 radical (unpaired) electrons. The number of hydrogen-bond donors (Lipinski definition) is 16. The highest BCUT2D eigenvalue weighted by Gasteiger charge is 2.47. The summed E-state index contributed by atoms with van der Waals surface area (Å²) in [6, 6.07) is -5.11. The van der Waals surface area contributed by atoms with Crippen LogP contribution >= 0.6 is 23.5 Å². The van der Waals surface area contributed by atoms with E-state index in [4.69, 9.17) is 11.5 Å². The molecule has 0 spiro atoms. The number of primary amides is 1. The van der Waals surface area contributed by atoms with Crippen LogP contribution < -0.4 is 75.3 Å². The molecule has 4 saturated heterocycles. The van der Waals surface area contributed by atoms with Gasteiger partial charge in [-0.2, -0.15) is 23.5 Å². The van der Waals surface area contributed by atoms with Crippen LogP contribution in [0.5, 0.6) is 0 Å². The van der Waals surface area contributed by atoms with Gasteiger partial charge in [0.2, 0.25) is 59.1 Å². The van der Waals surface area contributed by atoms with Gasteiger partial charge in [0.1, 0.15) is 66.7 Å². The Hall–Kier alpha value is -6.29. The molecular formula is C69H107F2N15O13S2. The number of aliphatic hydroxyl groups is 1. The molecule has 3 saturated carbocycles. The topological polar surface area (TPSA) is 428 Å². The summed E-state index contributed by atoms with van der Waals surface area (Å²) in [6.07, 6.45) is 1.85. The first kappa shape index (κ1) is 78.8. The Balaban J connectivity index is 1.03. The van der Waals surface area contributed by atoms with Crippen molar-refractivity contribution in [1.29, 1.82) is 0 Å². The van der Waals surface area contributed by atoms with Gasteiger partial charge >= 0.3 is 5.97 Å². The number of carboxylic acid groups (broad SMARTS) is 1. The lowest BCUT2D eigenvalue weighted by Crippen LogP contribution is -2.61. The Morgan fingerprint density at radius 1 is 0.614 bits per heavy atom. The number of thioether (sulfide) groups is 2. The molecule has 10 amide bonds. The lowest BCUT2D eigenvalue weighted by Gasteiger charge is -2.34. The van der Waals surface area contributed by atoms with Crippen LogP contribution in [0.3, 0.4) is 0 Å². The van der Waals surface area contributed by atoms with Crippen LogP contribution in [-0.2, 0) is 64.2 Å². The van der Waals surface area contributed by atoms with Gasteiger partial charge in [-0.3, -0.25) is 52.7 Å². The summed E-state index contributed by atoms with van der Waals surface area (Å²) >= 11 is 2.86. The van der Waals surface area contributed by atoms with Gasteiger partial charge in [-0.1, -0.05) is 24.3 Å². The first-order chi connectivity index (χ1) is 48.5. The minimum atomic E-state index is -1.90. The standard InChI is InChI=1S/C69H107F2N15O13S2/c1-37-62(92)80-52(24-41-30-75-49-16-12-43(70)26-47(41)49)64(94)81-53(25-42-31-76-50-17-13-44(71)27-48(42)50)65(95)83-55(29-60(89)90)67(97)82-54(28-45-32-74-36-77-45)66(96)84-56(23-38-10-14-46(87)15-11-38)69(99)86-20-5-9-58(86)68(98)85-57(61(73)91)35-101-34-40-7-4-6-39(22-40)33-100-21-18-59(88)79-51(63(93)78-37)8-2-3-19-72/h4,6-7,22,37-38,41-58,74-77,87H,2-3,5,8-21,23-36,72H2,1H3,(H2,73,91)(H,78,93)(H,79,88)(H,80,92)(H,81,94)(H,82,97)(H,83,95)(H,84,96)(H,85,98)(H,89,90)/t37-,38?,41?,42?,43?,44?,45?,46?,47?,48?,49?,50?,51-,52-,53-,54-,55-,56-,57-,58-/m0/s1. The average Bonchev–Trinajstić information content (AvgIpc) is 1.73. The van der Waals surface area contributed by atoms with Gasteiger partial charge in [0.15, 0.2) is 0 Å². The molecule has 1 aromatic carbocycles. The minimum absolute atomic E-state index is 0.0449. The van der Waals surface area contributed by atoms with Crippen LogP contribution in [-0.4, -0.2) is 222 Å². The molecule has 32 heteroatoms. The molecule has 1 aromatic rings. The van der Waals surface area contributed by atoms with E-state index in [2.05, 4.69) is 63.8 Å². The number of aliphatic carboxylic acids is 1. The number of nitrogens with zero attached hydrogens (tertiary/aromatic N) is 1. The predicted molar refractivity (Wildman–Crippen MR) is 375 cm³/mol. The normalized spacial score (nSPS) is 35.4. The van der Waals surface area contributed by atoms with Crippen LogP contribution in [0.4, 0.5) is 8.78 Å². The lowest BCUT2D eigenvalue weighted by molar-refractivity contribution is -0.143. The number of nitrogens with two attached hydrogens (primary N) is 2. The fraction of sp³-hybridized carbons (Fsp3) is 0.754. The van der Waals surface area contributed by atoms with Crippen LogP contribution in [0.1, 0.15) is 153 Å². The van der Waals surface area contributed by atoms with Crippen LogP contribution in [0, 0.1) is 29.6 Å². The quantitative estimate of drug-likeness (QED) is 0.0995. The molecule has 8 aliphatic rings. The van der Waals surface area contributed by atoms with Gasteiger partial charge in [-0.05, 0) is 189 Å². The molecule has 0 aromatic heterocycles. The zero-order valence-electron chi connectivity index (χ0n) is 57.8. The van der Waals surface area contributed by atoms with Crippen LogP contribution in [0.25, 0.3) is 0 Å². The molecule has 9 rings (SSSR count). The Bertz CT molecular complexity index is 3050. The van der Waals surface area contributed by atoms with Gasteiger partial charge in [-0.25, -0.2) is 8.78 Å². The van der Waals surface area contributed by atoms with Crippen molar-refractivity contribution in [2.45, 2.75) is 244 Å². The summed E-state index contributed by atoms with van der Waals surface area (Å²) in [5.41, 5.74) is 13.6. The highest BCUT2D eigenvalue weighted by Crippen LogP contribution is 2.40. The maximum absolute atomic E-state index is 15.3. The maximum atomic E-state index is 15.3. The van der Waals surface area contributed by atoms with E-state index in [1.807, 2.05) is 24.3 Å². The zero-order chi connectivity index (χ0) is 72.3. The number of fused-ring (bicyclic) bond motifs is 5. The second-order valence-corrected chi connectivity index (χ2v) is 31.3. The van der Waals surface area contributed by atoms with E-state index < -0.39 is 156 Å². The fourth-order valence-corrected chi connectivity index (χ4v) is 18.0. The average molecular weight is 1460 g/mol. The summed E-state index contributed by atoms with van der Waals surface area (Å²) in [7, 11) is 0. The summed E-state index contributed by atoms with van der Waals surface area (Å²) < 4.78 is 30.5. The molecule has 101 heavy (non-hydrogen) atoms. The summed E-state index contributed by atoms with van der Waals surface area (Å²) in [5, 5.41) is 56.3. The maximum Gasteiger partial charge on any atom is 0.305 e. The summed E-state index contributed by atoms with van der Waals surface area (Å²) in [6.45, 7) is 3.22. The van der Waals surface area contributed by atoms with Crippen molar-refractivity contribution in [3.05, 3.63) is 35.4 Å². The van der Waals surface area contributed by atoms with Crippen molar-refractivity contribution in [3.63, 3.8) is 0 Å². The first-order valence-electron chi connectivity index (χ1n) is 36.5. The molecule has 5 aliphatic heterocycles. The number of halogens is 2. The smallest absolute Gasteiger partial charge is 0.305 e. The van der Waals surface area contributed by atoms with Gasteiger partial charge in [0.05, 0.1) is 12.5 Å². The SMILES string of the molecule is C[C@@H]1NC(=O)[C@H](CCCCN)NC(=O)CCSCc2cccc(c2)CSC[C@@H](C(N)=O)NC(=O)[C@@H]2CCCN2C(=O)[C@H](CC2CCC(O)CC2)NC(=O)[C@H](CC2CNCN2)NC(=O)[C@H](CC(=O)O)NC(=O)[C@H](CC2CNC3CCC(F)CC23)NC(=O)[C@H](CC2CNC3CCC(F)CC23)NC1=O. The highest BCUT2D eigenvalue weighted by molar-refractivity contribution is 7.98. The lowest BCUT2D eigenvalue weighted by atomic mass is 9.76. The number of nitrogens with one attached hydrogen (secondary N) is 12. The third-order valence-corrected chi connectivity index (χ3v) is 23.9. The number of rotatable bonds is 15. The predicted octanol–water partition coefficient (Wildman–Crippen LogP) is -0.382. The van der Waals surface area contributed by atoms with Crippen LogP contribution in [0.2, 0.25) is 0 Å². The van der Waals surface area contributed by atoms with Gasteiger partial charge in [-0.15, -0.1) is 0 Å². The van der Waals surface area contributed by atoms with E-state index in [0.29, 0.717) is 121 Å². The number of amides is 10. The highest BCUT2D eigenvalue weighted by atomic mass is 32.2. The van der Waals surface area contributed by atoms with Crippen molar-refractivity contribution in [1.82, 2.24) is 68.7 Å². The molecule has 7 fully saturated rings. The number of benzene rings is 1. The molecule has 562 valence electrons. The molecular weight excluding hydrogens is 1350 g/mol.